The second-order valence-electron chi connectivity index (χ2n) is 8.20. The molecule has 0 rings (SSSR count). The van der Waals surface area contributed by atoms with Crippen molar-refractivity contribution in [3.8, 4) is 0 Å². The van der Waals surface area contributed by atoms with Gasteiger partial charge in [0.05, 0.1) is 0 Å². The molecule has 4 N–H and O–H groups in total. The fourth-order valence-electron chi connectivity index (χ4n) is 2.02. The van der Waals surface area contributed by atoms with Crippen LogP contribution in [0.1, 0.15) is 60.8 Å². The van der Waals surface area contributed by atoms with Gasteiger partial charge in [-0.2, -0.15) is 0 Å². The van der Waals surface area contributed by atoms with Gasteiger partial charge in [0.25, 0.3) is 0 Å². The standard InChI is InChI=1S/C18H35N3O6/c1-17(2,3)26-15(24)20-10-8-7-9-13(14(22)23)19-11-12-21-16(25)27-18(4,5)6/h13,19H,7-12H2,1-6H3,(H,20,24)(H,21,25)(H,22,23)/t13-/m0/s1. The van der Waals surface area contributed by atoms with Crippen LogP contribution in [0.15, 0.2) is 0 Å². The number of carboxylic acids is 1. The van der Waals surface area contributed by atoms with Crippen LogP contribution in [0, 0.1) is 0 Å². The molecule has 0 aromatic carbocycles. The Morgan fingerprint density at radius 3 is 1.74 bits per heavy atom. The van der Waals surface area contributed by atoms with E-state index in [-0.39, 0.29) is 6.54 Å². The number of carbonyl (C=O) groups excluding carboxylic acids is 2. The molecule has 0 spiro atoms. The summed E-state index contributed by atoms with van der Waals surface area (Å²) >= 11 is 0. The number of amides is 2. The van der Waals surface area contributed by atoms with Crippen molar-refractivity contribution < 1.29 is 29.0 Å². The number of hydrogen-bond acceptors (Lipinski definition) is 6. The smallest absolute Gasteiger partial charge is 0.407 e. The maximum Gasteiger partial charge on any atom is 0.407 e. The molecule has 9 nitrogen and oxygen atoms in total. The third kappa shape index (κ3) is 15.9. The summed E-state index contributed by atoms with van der Waals surface area (Å²) in [6.07, 6.45) is 0.658. The molecule has 0 heterocycles. The molecule has 158 valence electrons. The van der Waals surface area contributed by atoms with Crippen LogP contribution in [0.4, 0.5) is 9.59 Å². The van der Waals surface area contributed by atoms with Gasteiger partial charge in [-0.1, -0.05) is 0 Å². The zero-order valence-corrected chi connectivity index (χ0v) is 17.3. The SMILES string of the molecule is CC(C)(C)OC(=O)NCCCC[C@H](NCCNC(=O)OC(C)(C)C)C(=O)O. The van der Waals surface area contributed by atoms with Crippen molar-refractivity contribution in [2.24, 2.45) is 0 Å². The molecule has 0 saturated carbocycles. The molecule has 0 bridgehead atoms. The molecule has 0 fully saturated rings. The van der Waals surface area contributed by atoms with Crippen molar-refractivity contribution in [2.75, 3.05) is 19.6 Å². The van der Waals surface area contributed by atoms with E-state index in [0.717, 1.165) is 0 Å². The van der Waals surface area contributed by atoms with Gasteiger partial charge in [0, 0.05) is 19.6 Å². The predicted octanol–water partition coefficient (Wildman–Crippen LogP) is 2.25. The van der Waals surface area contributed by atoms with E-state index in [1.54, 1.807) is 41.5 Å². The summed E-state index contributed by atoms with van der Waals surface area (Å²) in [6.45, 7) is 11.6. The van der Waals surface area contributed by atoms with Crippen molar-refractivity contribution in [1.29, 1.82) is 0 Å². The lowest BCUT2D eigenvalue weighted by Gasteiger charge is -2.20. The van der Waals surface area contributed by atoms with Crippen LogP contribution in [0.3, 0.4) is 0 Å². The highest BCUT2D eigenvalue weighted by Crippen LogP contribution is 2.07. The fraction of sp³-hybridized carbons (Fsp3) is 0.833. The summed E-state index contributed by atoms with van der Waals surface area (Å²) in [5.41, 5.74) is -1.12. The van der Waals surface area contributed by atoms with E-state index in [1.807, 2.05) is 0 Å². The number of unbranched alkanes of at least 4 members (excludes halogenated alkanes) is 1. The van der Waals surface area contributed by atoms with Crippen molar-refractivity contribution >= 4 is 18.2 Å². The maximum atomic E-state index is 11.5. The van der Waals surface area contributed by atoms with Crippen molar-refractivity contribution in [3.63, 3.8) is 0 Å². The topological polar surface area (TPSA) is 126 Å². The van der Waals surface area contributed by atoms with E-state index < -0.39 is 35.4 Å². The van der Waals surface area contributed by atoms with E-state index in [4.69, 9.17) is 9.47 Å². The normalized spacial score (nSPS) is 12.8. The van der Waals surface area contributed by atoms with E-state index in [2.05, 4.69) is 16.0 Å². The molecular formula is C18H35N3O6. The zero-order valence-electron chi connectivity index (χ0n) is 17.3. The van der Waals surface area contributed by atoms with Crippen LogP contribution in [0.25, 0.3) is 0 Å². The first-order valence-electron chi connectivity index (χ1n) is 9.20. The number of rotatable bonds is 10. The molecule has 0 aliphatic heterocycles. The monoisotopic (exact) mass is 389 g/mol. The lowest BCUT2D eigenvalue weighted by atomic mass is 10.1. The van der Waals surface area contributed by atoms with Crippen LogP contribution in [0.5, 0.6) is 0 Å². The van der Waals surface area contributed by atoms with E-state index in [1.165, 1.54) is 0 Å². The first-order valence-corrected chi connectivity index (χ1v) is 9.20. The number of nitrogens with one attached hydrogen (secondary N) is 3. The summed E-state index contributed by atoms with van der Waals surface area (Å²) in [5, 5.41) is 17.3. The Morgan fingerprint density at radius 2 is 1.30 bits per heavy atom. The number of carboxylic acid groups (broad SMARTS) is 1. The van der Waals surface area contributed by atoms with E-state index in [0.29, 0.717) is 32.4 Å². The Balaban J connectivity index is 3.94. The first kappa shape index (κ1) is 25.0. The quantitative estimate of drug-likeness (QED) is 0.422. The molecule has 2 amide bonds. The van der Waals surface area contributed by atoms with Gasteiger partial charge in [0.2, 0.25) is 0 Å². The van der Waals surface area contributed by atoms with E-state index >= 15 is 0 Å². The minimum atomic E-state index is -0.952. The highest BCUT2D eigenvalue weighted by atomic mass is 16.6. The van der Waals surface area contributed by atoms with Crippen LogP contribution in [0.2, 0.25) is 0 Å². The number of carbonyl (C=O) groups is 3. The molecule has 0 aliphatic carbocycles. The number of aliphatic carboxylic acids is 1. The Bertz CT molecular complexity index is 482. The number of ether oxygens (including phenoxy) is 2. The molecule has 9 heteroatoms. The van der Waals surface area contributed by atoms with Gasteiger partial charge in [-0.25, -0.2) is 9.59 Å². The van der Waals surface area contributed by atoms with Gasteiger partial charge >= 0.3 is 18.2 Å². The molecule has 0 unspecified atom stereocenters. The average molecular weight is 389 g/mol. The molecule has 0 radical (unpaired) electrons. The minimum Gasteiger partial charge on any atom is -0.480 e. The fourth-order valence-corrected chi connectivity index (χ4v) is 2.02. The lowest BCUT2D eigenvalue weighted by molar-refractivity contribution is -0.139. The Kier molecular flexibility index (Phi) is 10.8. The summed E-state index contributed by atoms with van der Waals surface area (Å²) in [7, 11) is 0. The molecule has 27 heavy (non-hydrogen) atoms. The molecule has 1 atom stereocenters. The van der Waals surface area contributed by atoms with Crippen LogP contribution < -0.4 is 16.0 Å². The van der Waals surface area contributed by atoms with Crippen LogP contribution in [-0.4, -0.2) is 60.1 Å². The Morgan fingerprint density at radius 1 is 0.815 bits per heavy atom. The first-order chi connectivity index (χ1) is 12.3. The van der Waals surface area contributed by atoms with Gasteiger partial charge in [-0.15, -0.1) is 0 Å². The Hall–Kier alpha value is -2.03. The minimum absolute atomic E-state index is 0.263. The van der Waals surface area contributed by atoms with Crippen LogP contribution in [-0.2, 0) is 14.3 Å². The van der Waals surface area contributed by atoms with E-state index in [9.17, 15) is 19.5 Å². The highest BCUT2D eigenvalue weighted by Gasteiger charge is 2.18. The lowest BCUT2D eigenvalue weighted by Crippen LogP contribution is -2.42. The van der Waals surface area contributed by atoms with Crippen LogP contribution >= 0.6 is 0 Å². The summed E-state index contributed by atoms with van der Waals surface area (Å²) in [5.74, 6) is -0.952. The largest absolute Gasteiger partial charge is 0.480 e. The second kappa shape index (κ2) is 11.6. The van der Waals surface area contributed by atoms with Crippen molar-refractivity contribution in [3.05, 3.63) is 0 Å². The van der Waals surface area contributed by atoms with Crippen molar-refractivity contribution in [1.82, 2.24) is 16.0 Å². The molecular weight excluding hydrogens is 354 g/mol. The van der Waals surface area contributed by atoms with Gasteiger partial charge in [-0.05, 0) is 60.8 Å². The number of alkyl carbamates (subject to hydrolysis) is 2. The third-order valence-corrected chi connectivity index (χ3v) is 3.07. The second-order valence-corrected chi connectivity index (χ2v) is 8.20. The molecule has 0 saturated heterocycles. The molecule has 0 aromatic heterocycles. The predicted molar refractivity (Wildman–Crippen MR) is 102 cm³/mol. The molecule has 0 aliphatic rings. The highest BCUT2D eigenvalue weighted by molar-refractivity contribution is 5.73. The van der Waals surface area contributed by atoms with Crippen molar-refractivity contribution in [2.45, 2.75) is 78.0 Å². The Labute approximate surface area is 161 Å². The summed E-state index contributed by atoms with van der Waals surface area (Å²) in [6, 6.07) is -0.716. The van der Waals surface area contributed by atoms with Gasteiger partial charge in [0.15, 0.2) is 0 Å². The number of hydrogen-bond donors (Lipinski definition) is 4. The average Bonchev–Trinajstić information content (AvgIpc) is 2.44. The zero-order chi connectivity index (χ0) is 21.1. The summed E-state index contributed by atoms with van der Waals surface area (Å²) in [4.78, 5) is 34.3. The van der Waals surface area contributed by atoms with Gasteiger partial charge in [-0.3, -0.25) is 4.79 Å². The third-order valence-electron chi connectivity index (χ3n) is 3.07. The molecule has 0 aromatic rings. The summed E-state index contributed by atoms with van der Waals surface area (Å²) < 4.78 is 10.2. The maximum absolute atomic E-state index is 11.5. The van der Waals surface area contributed by atoms with Gasteiger partial charge in [0.1, 0.15) is 17.2 Å². The van der Waals surface area contributed by atoms with Gasteiger partial charge < -0.3 is 30.5 Å².